The van der Waals surface area contributed by atoms with Crippen LogP contribution in [0.4, 0.5) is 5.69 Å². The number of oxazole rings is 1. The Morgan fingerprint density at radius 1 is 1.44 bits per heavy atom. The molecule has 2 aromatic rings. The van der Waals surface area contributed by atoms with Crippen molar-refractivity contribution in [2.24, 2.45) is 0 Å². The molecule has 18 heavy (non-hydrogen) atoms. The molecule has 0 fully saturated rings. The summed E-state index contributed by atoms with van der Waals surface area (Å²) in [5, 5.41) is 20.6. The smallest absolute Gasteiger partial charge is 0.313 e. The van der Waals surface area contributed by atoms with Gasteiger partial charge in [-0.05, 0) is 6.92 Å². The SMILES string of the molecule is Cc1c(O)c([N+](=O)[O-])cc2nc(C(C)(C)C)oc12. The third kappa shape index (κ3) is 1.79. The minimum absolute atomic E-state index is 0.296. The highest BCUT2D eigenvalue weighted by molar-refractivity contribution is 5.83. The topological polar surface area (TPSA) is 89.4 Å². The molecule has 6 heteroatoms. The van der Waals surface area contributed by atoms with Gasteiger partial charge in [0.15, 0.2) is 5.58 Å². The maximum absolute atomic E-state index is 10.8. The first-order valence-electron chi connectivity index (χ1n) is 5.50. The van der Waals surface area contributed by atoms with Crippen molar-refractivity contribution in [2.45, 2.75) is 33.1 Å². The summed E-state index contributed by atoms with van der Waals surface area (Å²) in [5.41, 5.74) is 0.469. The predicted molar refractivity (Wildman–Crippen MR) is 65.8 cm³/mol. The molecular formula is C12H14N2O4. The molecule has 6 nitrogen and oxygen atoms in total. The first-order valence-corrected chi connectivity index (χ1v) is 5.50. The molecule has 0 saturated carbocycles. The Kier molecular flexibility index (Phi) is 2.53. The van der Waals surface area contributed by atoms with Crippen molar-refractivity contribution in [1.82, 2.24) is 4.98 Å². The highest BCUT2D eigenvalue weighted by Crippen LogP contribution is 2.37. The van der Waals surface area contributed by atoms with Crippen LogP contribution in [-0.2, 0) is 5.41 Å². The fraction of sp³-hybridized carbons (Fsp3) is 0.417. The van der Waals surface area contributed by atoms with E-state index in [1.165, 1.54) is 6.07 Å². The van der Waals surface area contributed by atoms with E-state index in [4.69, 9.17) is 4.42 Å². The molecule has 1 aromatic carbocycles. The number of nitro groups is 1. The van der Waals surface area contributed by atoms with E-state index in [0.717, 1.165) is 0 Å². The van der Waals surface area contributed by atoms with Gasteiger partial charge in [-0.15, -0.1) is 0 Å². The van der Waals surface area contributed by atoms with Crippen molar-refractivity contribution in [3.63, 3.8) is 0 Å². The van der Waals surface area contributed by atoms with Crippen molar-refractivity contribution in [2.75, 3.05) is 0 Å². The molecule has 0 aliphatic carbocycles. The van der Waals surface area contributed by atoms with Crippen LogP contribution in [0.1, 0.15) is 32.2 Å². The van der Waals surface area contributed by atoms with E-state index in [-0.39, 0.29) is 16.9 Å². The number of fused-ring (bicyclic) bond motifs is 1. The lowest BCUT2D eigenvalue weighted by molar-refractivity contribution is -0.385. The van der Waals surface area contributed by atoms with E-state index in [1.54, 1.807) is 6.92 Å². The van der Waals surface area contributed by atoms with Crippen LogP contribution in [0, 0.1) is 17.0 Å². The first kappa shape index (κ1) is 12.3. The van der Waals surface area contributed by atoms with Crippen molar-refractivity contribution in [3.05, 3.63) is 27.6 Å². The van der Waals surface area contributed by atoms with E-state index in [2.05, 4.69) is 4.98 Å². The average Bonchev–Trinajstić information content (AvgIpc) is 2.66. The van der Waals surface area contributed by atoms with Crippen LogP contribution in [-0.4, -0.2) is 15.0 Å². The molecule has 0 amide bonds. The van der Waals surface area contributed by atoms with Crippen LogP contribution in [0.2, 0.25) is 0 Å². The van der Waals surface area contributed by atoms with Gasteiger partial charge < -0.3 is 9.52 Å². The van der Waals surface area contributed by atoms with Gasteiger partial charge in [0.2, 0.25) is 11.6 Å². The highest BCUT2D eigenvalue weighted by Gasteiger charge is 2.26. The van der Waals surface area contributed by atoms with E-state index >= 15 is 0 Å². The number of rotatable bonds is 1. The predicted octanol–water partition coefficient (Wildman–Crippen LogP) is 3.05. The second kappa shape index (κ2) is 3.69. The molecule has 2 rings (SSSR count). The fourth-order valence-electron chi connectivity index (χ4n) is 1.66. The maximum atomic E-state index is 10.8. The maximum Gasteiger partial charge on any atom is 0.313 e. The van der Waals surface area contributed by atoms with Gasteiger partial charge in [-0.2, -0.15) is 0 Å². The Labute approximate surface area is 103 Å². The number of nitro benzene ring substituents is 1. The lowest BCUT2D eigenvalue weighted by atomic mass is 9.97. The molecule has 0 aliphatic rings. The van der Waals surface area contributed by atoms with Crippen molar-refractivity contribution in [3.8, 4) is 5.75 Å². The monoisotopic (exact) mass is 250 g/mol. The molecule has 0 spiro atoms. The summed E-state index contributed by atoms with van der Waals surface area (Å²) in [6.45, 7) is 7.37. The largest absolute Gasteiger partial charge is 0.502 e. The molecule has 1 heterocycles. The number of aryl methyl sites for hydroxylation is 1. The number of phenols is 1. The summed E-state index contributed by atoms with van der Waals surface area (Å²) >= 11 is 0. The van der Waals surface area contributed by atoms with Crippen LogP contribution in [0.15, 0.2) is 10.5 Å². The number of aromatic hydroxyl groups is 1. The van der Waals surface area contributed by atoms with Crippen LogP contribution < -0.4 is 0 Å². The van der Waals surface area contributed by atoms with Crippen LogP contribution in [0.3, 0.4) is 0 Å². The van der Waals surface area contributed by atoms with E-state index in [9.17, 15) is 15.2 Å². The number of hydrogen-bond donors (Lipinski definition) is 1. The Morgan fingerprint density at radius 3 is 2.56 bits per heavy atom. The molecule has 0 bridgehead atoms. The van der Waals surface area contributed by atoms with E-state index in [1.807, 2.05) is 20.8 Å². The van der Waals surface area contributed by atoms with Crippen molar-refractivity contribution in [1.29, 1.82) is 0 Å². The molecule has 0 radical (unpaired) electrons. The number of phenolic OH excluding ortho intramolecular Hbond substituents is 1. The van der Waals surface area contributed by atoms with Gasteiger partial charge in [-0.3, -0.25) is 10.1 Å². The lowest BCUT2D eigenvalue weighted by Crippen LogP contribution is -2.10. The Hall–Kier alpha value is -2.11. The highest BCUT2D eigenvalue weighted by atomic mass is 16.6. The van der Waals surface area contributed by atoms with Gasteiger partial charge >= 0.3 is 5.69 Å². The second-order valence-electron chi connectivity index (χ2n) is 5.24. The van der Waals surface area contributed by atoms with Gasteiger partial charge in [-0.1, -0.05) is 20.8 Å². The minimum Gasteiger partial charge on any atom is -0.502 e. The summed E-state index contributed by atoms with van der Waals surface area (Å²) in [6.07, 6.45) is 0. The third-order valence-corrected chi connectivity index (χ3v) is 2.70. The zero-order valence-electron chi connectivity index (χ0n) is 10.6. The Bertz CT molecular complexity index is 638. The van der Waals surface area contributed by atoms with Gasteiger partial charge in [0, 0.05) is 17.0 Å². The van der Waals surface area contributed by atoms with Crippen LogP contribution in [0.25, 0.3) is 11.1 Å². The second-order valence-corrected chi connectivity index (χ2v) is 5.24. The van der Waals surface area contributed by atoms with Crippen LogP contribution >= 0.6 is 0 Å². The number of hydrogen-bond acceptors (Lipinski definition) is 5. The van der Waals surface area contributed by atoms with Crippen LogP contribution in [0.5, 0.6) is 5.75 Å². The molecule has 1 N–H and O–H groups in total. The summed E-state index contributed by atoms with van der Waals surface area (Å²) in [5.74, 6) is 0.115. The average molecular weight is 250 g/mol. The minimum atomic E-state index is -0.632. The van der Waals surface area contributed by atoms with Crippen molar-refractivity contribution < 1.29 is 14.4 Å². The zero-order valence-corrected chi connectivity index (χ0v) is 10.6. The first-order chi connectivity index (χ1) is 8.21. The van der Waals surface area contributed by atoms with E-state index < -0.39 is 4.92 Å². The summed E-state index contributed by atoms with van der Waals surface area (Å²) in [4.78, 5) is 14.4. The Morgan fingerprint density at radius 2 is 2.06 bits per heavy atom. The lowest BCUT2D eigenvalue weighted by Gasteiger charge is -2.11. The molecular weight excluding hydrogens is 236 g/mol. The Balaban J connectivity index is 2.78. The summed E-state index contributed by atoms with van der Waals surface area (Å²) in [6, 6.07) is 1.23. The molecule has 96 valence electrons. The standard InChI is InChI=1S/C12H14N2O4/c1-6-9(15)8(14(16)17)5-7-10(6)18-11(13-7)12(2,3)4/h5,15H,1-4H3. The normalized spacial score (nSPS) is 12.0. The zero-order chi connectivity index (χ0) is 13.7. The molecule has 1 aromatic heterocycles. The van der Waals surface area contributed by atoms with Crippen molar-refractivity contribution >= 4 is 16.8 Å². The molecule has 0 saturated heterocycles. The van der Waals surface area contributed by atoms with Gasteiger partial charge in [0.25, 0.3) is 0 Å². The quantitative estimate of drug-likeness (QED) is 0.620. The fourth-order valence-corrected chi connectivity index (χ4v) is 1.66. The van der Waals surface area contributed by atoms with Gasteiger partial charge in [0.05, 0.1) is 4.92 Å². The molecule has 0 aliphatic heterocycles. The molecule has 0 unspecified atom stereocenters. The summed E-state index contributed by atoms with van der Waals surface area (Å²) < 4.78 is 5.59. The number of nitrogens with zero attached hydrogens (tertiary/aromatic N) is 2. The van der Waals surface area contributed by atoms with Gasteiger partial charge in [-0.25, -0.2) is 4.98 Å². The third-order valence-electron chi connectivity index (χ3n) is 2.70. The van der Waals surface area contributed by atoms with E-state index in [0.29, 0.717) is 22.6 Å². The number of benzene rings is 1. The molecule has 0 atom stereocenters. The number of aromatic nitrogens is 1. The van der Waals surface area contributed by atoms with Gasteiger partial charge in [0.1, 0.15) is 5.52 Å². The summed E-state index contributed by atoms with van der Waals surface area (Å²) in [7, 11) is 0.